The summed E-state index contributed by atoms with van der Waals surface area (Å²) in [6.07, 6.45) is 4.31. The zero-order chi connectivity index (χ0) is 15.6. The van der Waals surface area contributed by atoms with E-state index in [0.717, 1.165) is 36.2 Å². The summed E-state index contributed by atoms with van der Waals surface area (Å²) in [4.78, 5) is 17.0. The van der Waals surface area contributed by atoms with Gasteiger partial charge in [-0.3, -0.25) is 4.79 Å². The van der Waals surface area contributed by atoms with Gasteiger partial charge in [-0.2, -0.15) is 0 Å². The van der Waals surface area contributed by atoms with E-state index in [1.807, 2.05) is 12.1 Å². The van der Waals surface area contributed by atoms with Crippen LogP contribution in [0.1, 0.15) is 25.1 Å². The van der Waals surface area contributed by atoms with E-state index >= 15 is 0 Å². The van der Waals surface area contributed by atoms with Crippen LogP contribution in [0.4, 0.5) is 5.69 Å². The fourth-order valence-electron chi connectivity index (χ4n) is 3.38. The minimum atomic E-state index is -0.418. The second kappa shape index (κ2) is 6.29. The predicted molar refractivity (Wildman–Crippen MR) is 88.5 cm³/mol. The van der Waals surface area contributed by atoms with Crippen LogP contribution in [-0.2, 0) is 22.5 Å². The maximum Gasteiger partial charge on any atom is 0.254 e. The number of hydrogen-bond acceptors (Lipinski definition) is 4. The van der Waals surface area contributed by atoms with Crippen molar-refractivity contribution in [1.82, 2.24) is 14.9 Å². The van der Waals surface area contributed by atoms with Crippen LogP contribution in [0.25, 0.3) is 11.0 Å². The van der Waals surface area contributed by atoms with Gasteiger partial charge in [0.15, 0.2) is 0 Å². The molecule has 1 atom stereocenters. The monoisotopic (exact) mass is 314 g/mol. The molecule has 2 aliphatic rings. The Kier molecular flexibility index (Phi) is 4.01. The summed E-state index contributed by atoms with van der Waals surface area (Å²) < 4.78 is 7.81. The Morgan fingerprint density at radius 1 is 1.35 bits per heavy atom. The van der Waals surface area contributed by atoms with E-state index in [9.17, 15) is 4.79 Å². The highest BCUT2D eigenvalue weighted by atomic mass is 16.5. The number of morpholine rings is 1. The number of carbonyl (C=O) groups excluding carboxylic acids is 1. The molecule has 6 heteroatoms. The van der Waals surface area contributed by atoms with Crippen LogP contribution in [0.15, 0.2) is 18.2 Å². The number of carbonyl (C=O) groups is 1. The molecule has 4 rings (SSSR count). The Morgan fingerprint density at radius 2 is 2.30 bits per heavy atom. The molecule has 122 valence electrons. The van der Waals surface area contributed by atoms with Crippen LogP contribution in [0.5, 0.6) is 0 Å². The minimum Gasteiger partial charge on any atom is -0.366 e. The molecule has 0 radical (unpaired) electrons. The highest BCUT2D eigenvalue weighted by Gasteiger charge is 2.22. The van der Waals surface area contributed by atoms with Gasteiger partial charge in [-0.1, -0.05) is 6.42 Å². The summed E-state index contributed by atoms with van der Waals surface area (Å²) in [5, 5.41) is 6.11. The summed E-state index contributed by atoms with van der Waals surface area (Å²) >= 11 is 0. The van der Waals surface area contributed by atoms with Crippen molar-refractivity contribution in [1.29, 1.82) is 0 Å². The Morgan fingerprint density at radius 3 is 3.17 bits per heavy atom. The topological polar surface area (TPSA) is 68.2 Å². The number of anilines is 1. The highest BCUT2D eigenvalue weighted by molar-refractivity contribution is 5.96. The van der Waals surface area contributed by atoms with E-state index in [-0.39, 0.29) is 5.91 Å². The van der Waals surface area contributed by atoms with Crippen molar-refractivity contribution in [2.24, 2.45) is 0 Å². The van der Waals surface area contributed by atoms with Crippen LogP contribution >= 0.6 is 0 Å². The van der Waals surface area contributed by atoms with Crippen LogP contribution in [-0.4, -0.2) is 41.3 Å². The maximum atomic E-state index is 12.2. The lowest BCUT2D eigenvalue weighted by atomic mass is 10.2. The Balaban J connectivity index is 1.55. The molecule has 3 heterocycles. The Bertz CT molecular complexity index is 719. The summed E-state index contributed by atoms with van der Waals surface area (Å²) in [6, 6.07) is 5.98. The van der Waals surface area contributed by atoms with Crippen molar-refractivity contribution < 1.29 is 9.53 Å². The molecule has 1 amide bonds. The number of amides is 1. The second-order valence-corrected chi connectivity index (χ2v) is 6.25. The third-order valence-corrected chi connectivity index (χ3v) is 4.60. The lowest BCUT2D eigenvalue weighted by Gasteiger charge is -2.22. The second-order valence-electron chi connectivity index (χ2n) is 6.25. The van der Waals surface area contributed by atoms with Gasteiger partial charge in [0.25, 0.3) is 5.91 Å². The fraction of sp³-hybridized carbons (Fsp3) is 0.529. The smallest absolute Gasteiger partial charge is 0.254 e. The first kappa shape index (κ1) is 14.7. The molecule has 0 aliphatic carbocycles. The largest absolute Gasteiger partial charge is 0.366 e. The number of ether oxygens (including phenoxy) is 1. The summed E-state index contributed by atoms with van der Waals surface area (Å²) in [6.45, 7) is 2.98. The lowest BCUT2D eigenvalue weighted by Crippen LogP contribution is -2.45. The average Bonchev–Trinajstić information content (AvgIpc) is 2.76. The molecular formula is C17H22N4O2. The molecule has 6 nitrogen and oxygen atoms in total. The normalized spacial score (nSPS) is 21.7. The maximum absolute atomic E-state index is 12.2. The molecule has 1 saturated heterocycles. The van der Waals surface area contributed by atoms with Crippen molar-refractivity contribution >= 4 is 22.6 Å². The molecule has 2 N–H and O–H groups in total. The summed E-state index contributed by atoms with van der Waals surface area (Å²) in [7, 11) is 0. The zero-order valence-electron chi connectivity index (χ0n) is 13.2. The molecule has 1 aromatic carbocycles. The number of aromatic nitrogens is 2. The van der Waals surface area contributed by atoms with Gasteiger partial charge in [-0.15, -0.1) is 0 Å². The van der Waals surface area contributed by atoms with Gasteiger partial charge >= 0.3 is 0 Å². The summed E-state index contributed by atoms with van der Waals surface area (Å²) in [5.74, 6) is 1.07. The fourth-order valence-corrected chi connectivity index (χ4v) is 3.38. The van der Waals surface area contributed by atoms with Gasteiger partial charge in [-0.05, 0) is 31.0 Å². The van der Waals surface area contributed by atoms with Crippen molar-refractivity contribution in [2.45, 2.75) is 38.3 Å². The van der Waals surface area contributed by atoms with Crippen molar-refractivity contribution in [2.75, 3.05) is 25.0 Å². The van der Waals surface area contributed by atoms with Gasteiger partial charge in [0.2, 0.25) is 0 Å². The predicted octanol–water partition coefficient (Wildman–Crippen LogP) is 1.69. The number of aryl methyl sites for hydroxylation is 2. The van der Waals surface area contributed by atoms with Gasteiger partial charge in [-0.25, -0.2) is 4.98 Å². The molecule has 1 fully saturated rings. The molecule has 2 aromatic rings. The third kappa shape index (κ3) is 2.96. The number of fused-ring (bicyclic) bond motifs is 3. The lowest BCUT2D eigenvalue weighted by molar-refractivity contribution is -0.128. The van der Waals surface area contributed by atoms with Gasteiger partial charge < -0.3 is 19.9 Å². The van der Waals surface area contributed by atoms with E-state index in [2.05, 4.69) is 21.3 Å². The minimum absolute atomic E-state index is 0.0997. The van der Waals surface area contributed by atoms with Crippen LogP contribution in [0, 0.1) is 0 Å². The summed E-state index contributed by atoms with van der Waals surface area (Å²) in [5.41, 5.74) is 2.91. The average molecular weight is 314 g/mol. The number of nitrogens with one attached hydrogen (secondary N) is 2. The first-order valence-corrected chi connectivity index (χ1v) is 8.43. The van der Waals surface area contributed by atoms with E-state index in [4.69, 9.17) is 9.72 Å². The van der Waals surface area contributed by atoms with Crippen LogP contribution < -0.4 is 10.6 Å². The third-order valence-electron chi connectivity index (χ3n) is 4.60. The number of nitrogens with zero attached hydrogens (tertiary/aromatic N) is 2. The number of benzene rings is 1. The van der Waals surface area contributed by atoms with E-state index in [1.165, 1.54) is 25.1 Å². The molecular weight excluding hydrogens is 292 g/mol. The van der Waals surface area contributed by atoms with Crippen molar-refractivity contribution in [3.05, 3.63) is 24.0 Å². The molecule has 23 heavy (non-hydrogen) atoms. The van der Waals surface area contributed by atoms with Gasteiger partial charge in [0.1, 0.15) is 11.9 Å². The molecule has 1 unspecified atom stereocenters. The molecule has 0 saturated carbocycles. The standard InChI is InChI=1S/C17H22N4O2/c22-17(15-11-18-7-9-23-15)19-12-5-6-14-13(10-12)20-16-4-2-1-3-8-21(14)16/h5-6,10,15,18H,1-4,7-9,11H2,(H,19,22). The van der Waals surface area contributed by atoms with Crippen LogP contribution in [0.2, 0.25) is 0 Å². The number of hydrogen-bond donors (Lipinski definition) is 2. The van der Waals surface area contributed by atoms with Gasteiger partial charge in [0.05, 0.1) is 17.6 Å². The first-order chi connectivity index (χ1) is 11.3. The Labute approximate surface area is 135 Å². The number of imidazole rings is 1. The van der Waals surface area contributed by atoms with Gasteiger partial charge in [0, 0.05) is 31.7 Å². The van der Waals surface area contributed by atoms with E-state index < -0.39 is 6.10 Å². The highest BCUT2D eigenvalue weighted by Crippen LogP contribution is 2.24. The molecule has 1 aromatic heterocycles. The Hall–Kier alpha value is -1.92. The SMILES string of the molecule is O=C(Nc1ccc2c(c1)nc1n2CCCCC1)C1CNCCO1. The zero-order valence-corrected chi connectivity index (χ0v) is 13.2. The molecule has 0 bridgehead atoms. The van der Waals surface area contributed by atoms with Crippen LogP contribution in [0.3, 0.4) is 0 Å². The van der Waals surface area contributed by atoms with E-state index in [1.54, 1.807) is 0 Å². The molecule has 2 aliphatic heterocycles. The number of rotatable bonds is 2. The first-order valence-electron chi connectivity index (χ1n) is 8.43. The van der Waals surface area contributed by atoms with Crippen molar-refractivity contribution in [3.8, 4) is 0 Å². The molecule has 0 spiro atoms. The van der Waals surface area contributed by atoms with Crippen molar-refractivity contribution in [3.63, 3.8) is 0 Å². The quantitative estimate of drug-likeness (QED) is 0.885. The van der Waals surface area contributed by atoms with E-state index in [0.29, 0.717) is 13.2 Å².